The summed E-state index contributed by atoms with van der Waals surface area (Å²) in [6.07, 6.45) is -4.94. The monoisotopic (exact) mass is 325 g/mol. The first kappa shape index (κ1) is 18.6. The number of hydrogen-bond acceptors (Lipinski definition) is 2. The Hall–Kier alpha value is -2.42. The van der Waals surface area contributed by atoms with Crippen LogP contribution in [0.1, 0.15) is 18.9 Å². The number of amides is 1. The van der Waals surface area contributed by atoms with Crippen LogP contribution in [0, 0.1) is 11.8 Å². The Bertz CT molecular complexity index is 573. The van der Waals surface area contributed by atoms with Gasteiger partial charge >= 0.3 is 12.3 Å². The Kier molecular flexibility index (Phi) is 7.20. The second-order valence-corrected chi connectivity index (χ2v) is 4.68. The zero-order valence-corrected chi connectivity index (χ0v) is 12.8. The van der Waals surface area contributed by atoms with Gasteiger partial charge in [0.2, 0.25) is 0 Å². The van der Waals surface area contributed by atoms with Gasteiger partial charge in [0, 0.05) is 0 Å². The number of halogens is 3. The average molecular weight is 325 g/mol. The second kappa shape index (κ2) is 8.89. The molecule has 0 aliphatic heterocycles. The van der Waals surface area contributed by atoms with Crippen molar-refractivity contribution >= 4 is 6.09 Å². The number of carbonyl (C=O) groups excluding carboxylic acids is 1. The quantitative estimate of drug-likeness (QED) is 0.581. The van der Waals surface area contributed by atoms with Gasteiger partial charge in [-0.05, 0) is 18.9 Å². The molecule has 6 heteroatoms. The third kappa shape index (κ3) is 6.07. The van der Waals surface area contributed by atoms with Crippen LogP contribution in [0.4, 0.5) is 18.0 Å². The molecule has 0 heterocycles. The van der Waals surface area contributed by atoms with Crippen molar-refractivity contribution in [1.82, 2.24) is 4.90 Å². The van der Waals surface area contributed by atoms with Crippen molar-refractivity contribution in [2.24, 2.45) is 0 Å². The fourth-order valence-corrected chi connectivity index (χ4v) is 1.86. The van der Waals surface area contributed by atoms with Crippen LogP contribution in [0.15, 0.2) is 43.0 Å². The summed E-state index contributed by atoms with van der Waals surface area (Å²) in [6, 6.07) is 6.71. The van der Waals surface area contributed by atoms with Crippen molar-refractivity contribution in [1.29, 1.82) is 0 Å². The molecule has 0 bridgehead atoms. The number of rotatable bonds is 6. The molecule has 124 valence electrons. The van der Waals surface area contributed by atoms with Crippen LogP contribution in [0.25, 0.3) is 0 Å². The van der Waals surface area contributed by atoms with Gasteiger partial charge in [-0.15, -0.1) is 12.5 Å². The van der Waals surface area contributed by atoms with Gasteiger partial charge in [0.25, 0.3) is 0 Å². The molecule has 1 aromatic carbocycles. The summed E-state index contributed by atoms with van der Waals surface area (Å²) in [5.74, 6) is 4.96. The Balaban J connectivity index is 2.87. The Morgan fingerprint density at radius 3 is 2.57 bits per heavy atom. The summed E-state index contributed by atoms with van der Waals surface area (Å²) in [5, 5.41) is 0. The molecule has 1 amide bonds. The van der Waals surface area contributed by atoms with Crippen molar-refractivity contribution < 1.29 is 22.7 Å². The first-order valence-electron chi connectivity index (χ1n) is 6.94. The molecule has 0 fully saturated rings. The molecule has 1 atom stereocenters. The zero-order valence-electron chi connectivity index (χ0n) is 12.8. The Morgan fingerprint density at radius 2 is 2.04 bits per heavy atom. The minimum Gasteiger partial charge on any atom is -0.445 e. The molecular formula is C17H18F3NO2. The van der Waals surface area contributed by atoms with E-state index in [2.05, 4.69) is 18.4 Å². The summed E-state index contributed by atoms with van der Waals surface area (Å²) in [6.45, 7) is 4.34. The third-order valence-corrected chi connectivity index (χ3v) is 3.01. The van der Waals surface area contributed by atoms with E-state index in [9.17, 15) is 18.0 Å². The van der Waals surface area contributed by atoms with Crippen molar-refractivity contribution in [3.63, 3.8) is 0 Å². The second-order valence-electron chi connectivity index (χ2n) is 4.68. The van der Waals surface area contributed by atoms with Crippen molar-refractivity contribution in [3.8, 4) is 11.8 Å². The number of hydrogen-bond donors (Lipinski definition) is 0. The van der Waals surface area contributed by atoms with Gasteiger partial charge in [-0.3, -0.25) is 4.90 Å². The molecule has 1 aromatic rings. The molecule has 0 saturated carbocycles. The largest absolute Gasteiger partial charge is 0.445 e. The Labute approximate surface area is 133 Å². The normalized spacial score (nSPS) is 11.8. The van der Waals surface area contributed by atoms with E-state index in [1.807, 2.05) is 0 Å². The van der Waals surface area contributed by atoms with Crippen molar-refractivity contribution in [2.75, 3.05) is 6.54 Å². The van der Waals surface area contributed by atoms with Crippen molar-refractivity contribution in [2.45, 2.75) is 32.2 Å². The van der Waals surface area contributed by atoms with Crippen LogP contribution in [0.3, 0.4) is 0 Å². The van der Waals surface area contributed by atoms with Gasteiger partial charge < -0.3 is 4.74 Å². The summed E-state index contributed by atoms with van der Waals surface area (Å²) in [4.78, 5) is 12.7. The van der Waals surface area contributed by atoms with Crippen LogP contribution in [0.2, 0.25) is 0 Å². The number of nitrogens with zero attached hydrogens (tertiary/aromatic N) is 1. The van der Waals surface area contributed by atoms with Crippen molar-refractivity contribution in [3.05, 3.63) is 48.6 Å². The highest BCUT2D eigenvalue weighted by molar-refractivity contribution is 5.68. The topological polar surface area (TPSA) is 29.5 Å². The van der Waals surface area contributed by atoms with Gasteiger partial charge in [-0.1, -0.05) is 42.3 Å². The van der Waals surface area contributed by atoms with Crippen LogP contribution < -0.4 is 0 Å². The van der Waals surface area contributed by atoms with E-state index in [1.165, 1.54) is 6.92 Å². The summed E-state index contributed by atoms with van der Waals surface area (Å²) >= 11 is 0. The van der Waals surface area contributed by atoms with Gasteiger partial charge in [-0.25, -0.2) is 4.79 Å². The molecule has 0 aromatic heterocycles. The maximum Gasteiger partial charge on any atom is 0.411 e. The van der Waals surface area contributed by atoms with E-state index < -0.39 is 24.7 Å². The van der Waals surface area contributed by atoms with Gasteiger partial charge in [-0.2, -0.15) is 13.2 Å². The molecule has 0 N–H and O–H groups in total. The smallest absolute Gasteiger partial charge is 0.411 e. The summed E-state index contributed by atoms with van der Waals surface area (Å²) < 4.78 is 44.5. The molecule has 0 aliphatic carbocycles. The minimum atomic E-state index is -4.59. The molecule has 1 unspecified atom stereocenters. The van der Waals surface area contributed by atoms with E-state index >= 15 is 0 Å². The van der Waals surface area contributed by atoms with Gasteiger partial charge in [0.1, 0.15) is 12.6 Å². The highest BCUT2D eigenvalue weighted by Gasteiger charge is 2.45. The fourth-order valence-electron chi connectivity index (χ4n) is 1.86. The fraction of sp³-hybridized carbons (Fsp3) is 0.353. The van der Waals surface area contributed by atoms with Gasteiger partial charge in [0.05, 0.1) is 6.54 Å². The lowest BCUT2D eigenvalue weighted by atomic mass is 10.1. The summed E-state index contributed by atoms with van der Waals surface area (Å²) in [5.41, 5.74) is 0.689. The summed E-state index contributed by atoms with van der Waals surface area (Å²) in [7, 11) is 0. The average Bonchev–Trinajstić information content (AvgIpc) is 2.52. The lowest BCUT2D eigenvalue weighted by molar-refractivity contribution is -0.176. The van der Waals surface area contributed by atoms with E-state index in [0.717, 1.165) is 6.08 Å². The molecule has 1 rings (SSSR count). The maximum atomic E-state index is 13.2. The molecule has 0 radical (unpaired) electrons. The molecule has 0 saturated heterocycles. The van der Waals surface area contributed by atoms with E-state index in [-0.39, 0.29) is 13.2 Å². The Morgan fingerprint density at radius 1 is 1.39 bits per heavy atom. The van der Waals surface area contributed by atoms with Crippen LogP contribution in [0.5, 0.6) is 0 Å². The van der Waals surface area contributed by atoms with Gasteiger partial charge in [0.15, 0.2) is 0 Å². The van der Waals surface area contributed by atoms with Crippen LogP contribution in [-0.4, -0.2) is 29.8 Å². The highest BCUT2D eigenvalue weighted by Crippen LogP contribution is 2.28. The molecular weight excluding hydrogens is 307 g/mol. The van der Waals surface area contributed by atoms with Crippen LogP contribution >= 0.6 is 0 Å². The van der Waals surface area contributed by atoms with E-state index in [1.54, 1.807) is 30.3 Å². The zero-order chi connectivity index (χ0) is 17.3. The number of carbonyl (C=O) groups is 1. The molecule has 3 nitrogen and oxygen atoms in total. The SMILES string of the molecule is C=CCC(N(CC#CC)C(=O)OCc1ccccc1)C(F)(F)F. The molecule has 0 spiro atoms. The minimum absolute atomic E-state index is 0.103. The maximum absolute atomic E-state index is 13.2. The molecule has 23 heavy (non-hydrogen) atoms. The number of benzene rings is 1. The predicted molar refractivity (Wildman–Crippen MR) is 81.4 cm³/mol. The lowest BCUT2D eigenvalue weighted by Crippen LogP contribution is -2.49. The van der Waals surface area contributed by atoms with E-state index in [0.29, 0.717) is 10.5 Å². The van der Waals surface area contributed by atoms with E-state index in [4.69, 9.17) is 4.74 Å². The third-order valence-electron chi connectivity index (χ3n) is 3.01. The number of alkyl halides is 3. The lowest BCUT2D eigenvalue weighted by Gasteiger charge is -2.30. The first-order valence-corrected chi connectivity index (χ1v) is 6.94. The highest BCUT2D eigenvalue weighted by atomic mass is 19.4. The molecule has 0 aliphatic rings. The number of ether oxygens (including phenoxy) is 1. The predicted octanol–water partition coefficient (Wildman–Crippen LogP) is 4.16. The first-order chi connectivity index (χ1) is 10.9. The van der Waals surface area contributed by atoms with Crippen LogP contribution in [-0.2, 0) is 11.3 Å². The standard InChI is InChI=1S/C17H18F3NO2/c1-3-5-12-21(15(9-4-2)17(18,19)20)16(22)23-13-14-10-7-6-8-11-14/h4,6-8,10-11,15H,2,9,12-13H2,1H3.